The Bertz CT molecular complexity index is 805. The van der Waals surface area contributed by atoms with E-state index in [0.717, 1.165) is 60.7 Å². The summed E-state index contributed by atoms with van der Waals surface area (Å²) in [5, 5.41) is 4.28. The van der Waals surface area contributed by atoms with Crippen LogP contribution in [0.5, 0.6) is 0 Å². The Morgan fingerprint density at radius 3 is 2.61 bits per heavy atom. The Kier molecular flexibility index (Phi) is 8.11. The number of nitrogens with one attached hydrogen (secondary N) is 1. The molecule has 5 heteroatoms. The van der Waals surface area contributed by atoms with Gasteiger partial charge in [0, 0.05) is 10.6 Å². The molecule has 28 heavy (non-hydrogen) atoms. The lowest BCUT2D eigenvalue weighted by Crippen LogP contribution is -2.16. The van der Waals surface area contributed by atoms with Crippen LogP contribution < -0.4 is 5.32 Å². The first-order valence-corrected chi connectivity index (χ1v) is 11.5. The number of halogens is 3. The number of hydrogen-bond acceptors (Lipinski definition) is 2. The molecule has 1 aliphatic carbocycles. The summed E-state index contributed by atoms with van der Waals surface area (Å²) in [6, 6.07) is 10.1. The van der Waals surface area contributed by atoms with Crippen LogP contribution in [-0.2, 0) is 18.6 Å². The number of hydrogen-bond donors (Lipinski definition) is 1. The van der Waals surface area contributed by atoms with Crippen LogP contribution in [0.15, 0.2) is 35.2 Å². The first-order valence-electron chi connectivity index (χ1n) is 10.1. The van der Waals surface area contributed by atoms with Gasteiger partial charge >= 0.3 is 0 Å². The highest BCUT2D eigenvalue weighted by atomic mass is 35.5. The summed E-state index contributed by atoms with van der Waals surface area (Å²) < 4.78 is 14.7. The van der Waals surface area contributed by atoms with Crippen molar-refractivity contribution < 1.29 is 4.39 Å². The number of fused-ring (bicyclic) bond motifs is 1. The molecule has 1 fully saturated rings. The maximum absolute atomic E-state index is 14.7. The van der Waals surface area contributed by atoms with Crippen LogP contribution in [0.2, 0.25) is 5.02 Å². The van der Waals surface area contributed by atoms with Crippen molar-refractivity contribution >= 4 is 35.8 Å². The fourth-order valence-electron chi connectivity index (χ4n) is 4.43. The smallest absolute Gasteiger partial charge is 0.126 e. The van der Waals surface area contributed by atoms with Crippen LogP contribution in [0, 0.1) is 5.82 Å². The van der Waals surface area contributed by atoms with E-state index >= 15 is 0 Å². The van der Waals surface area contributed by atoms with Crippen LogP contribution in [0.3, 0.4) is 0 Å². The molecule has 4 rings (SSSR count). The molecule has 0 unspecified atom stereocenters. The van der Waals surface area contributed by atoms with Gasteiger partial charge in [0.1, 0.15) is 5.82 Å². The molecule has 1 aliphatic heterocycles. The molecular formula is C23H28Cl2FNS. The summed E-state index contributed by atoms with van der Waals surface area (Å²) in [7, 11) is 0. The van der Waals surface area contributed by atoms with Crippen molar-refractivity contribution in [1.29, 1.82) is 0 Å². The van der Waals surface area contributed by atoms with Crippen molar-refractivity contribution in [2.45, 2.75) is 61.5 Å². The summed E-state index contributed by atoms with van der Waals surface area (Å²) in [4.78, 5) is 1.18. The van der Waals surface area contributed by atoms with Gasteiger partial charge in [0.05, 0.1) is 5.02 Å². The molecule has 1 nitrogen and oxygen atoms in total. The van der Waals surface area contributed by atoms with E-state index in [1.54, 1.807) is 17.8 Å². The Morgan fingerprint density at radius 2 is 1.82 bits per heavy atom. The second-order valence-corrected chi connectivity index (χ2v) is 9.14. The van der Waals surface area contributed by atoms with Crippen LogP contribution in [0.4, 0.5) is 4.39 Å². The molecule has 152 valence electrons. The molecule has 1 heterocycles. The first-order chi connectivity index (χ1) is 13.2. The molecular weight excluding hydrogens is 412 g/mol. The molecule has 1 N–H and O–H groups in total. The minimum absolute atomic E-state index is 0. The summed E-state index contributed by atoms with van der Waals surface area (Å²) >= 11 is 8.27. The van der Waals surface area contributed by atoms with Crippen LogP contribution >= 0.6 is 35.8 Å². The molecule has 0 amide bonds. The fourth-order valence-corrected chi connectivity index (χ4v) is 5.87. The van der Waals surface area contributed by atoms with Gasteiger partial charge in [-0.05, 0) is 79.1 Å². The van der Waals surface area contributed by atoms with E-state index < -0.39 is 0 Å². The second-order valence-electron chi connectivity index (χ2n) is 7.74. The maximum atomic E-state index is 14.7. The zero-order chi connectivity index (χ0) is 18.6. The van der Waals surface area contributed by atoms with Crippen LogP contribution in [0.25, 0.3) is 0 Å². The van der Waals surface area contributed by atoms with Crippen LogP contribution in [0.1, 0.15) is 60.3 Å². The quantitative estimate of drug-likeness (QED) is 0.518. The van der Waals surface area contributed by atoms with E-state index in [4.69, 9.17) is 11.6 Å². The topological polar surface area (TPSA) is 12.0 Å². The molecule has 0 bridgehead atoms. The van der Waals surface area contributed by atoms with Gasteiger partial charge in [-0.2, -0.15) is 0 Å². The lowest BCUT2D eigenvalue weighted by molar-refractivity contribution is 0.429. The van der Waals surface area contributed by atoms with E-state index in [1.807, 2.05) is 12.1 Å². The minimum Gasteiger partial charge on any atom is -0.316 e. The highest BCUT2D eigenvalue weighted by Crippen LogP contribution is 2.37. The van der Waals surface area contributed by atoms with Crippen molar-refractivity contribution in [3.05, 3.63) is 63.4 Å². The summed E-state index contributed by atoms with van der Waals surface area (Å²) in [6.45, 7) is 2.01. The van der Waals surface area contributed by atoms with Crippen molar-refractivity contribution in [3.8, 4) is 0 Å². The fraction of sp³-hybridized carbons (Fsp3) is 0.478. The van der Waals surface area contributed by atoms with Gasteiger partial charge in [0.15, 0.2) is 0 Å². The number of rotatable bonds is 4. The largest absolute Gasteiger partial charge is 0.316 e. The molecule has 0 atom stereocenters. The Labute approximate surface area is 183 Å². The molecule has 2 aromatic rings. The van der Waals surface area contributed by atoms with Crippen molar-refractivity contribution in [2.75, 3.05) is 13.1 Å². The van der Waals surface area contributed by atoms with E-state index in [9.17, 15) is 4.39 Å². The van der Waals surface area contributed by atoms with Crippen molar-refractivity contribution in [2.24, 2.45) is 0 Å². The first kappa shape index (κ1) is 22.0. The minimum atomic E-state index is -0.0258. The summed E-state index contributed by atoms with van der Waals surface area (Å²) in [5.74, 6) is 1.14. The molecule has 2 aromatic carbocycles. The highest BCUT2D eigenvalue weighted by molar-refractivity contribution is 7.98. The monoisotopic (exact) mass is 439 g/mol. The van der Waals surface area contributed by atoms with Gasteiger partial charge < -0.3 is 5.32 Å². The normalized spacial score (nSPS) is 17.5. The predicted molar refractivity (Wildman–Crippen MR) is 121 cm³/mol. The average Bonchev–Trinajstić information content (AvgIpc) is 2.93. The summed E-state index contributed by atoms with van der Waals surface area (Å²) in [6.07, 6.45) is 8.07. The number of thioether (sulfide) groups is 1. The van der Waals surface area contributed by atoms with Gasteiger partial charge in [-0.3, -0.25) is 0 Å². The Morgan fingerprint density at radius 1 is 1.04 bits per heavy atom. The van der Waals surface area contributed by atoms with Gasteiger partial charge in [-0.1, -0.05) is 49.1 Å². The third-order valence-corrected chi connectivity index (χ3v) is 7.59. The van der Waals surface area contributed by atoms with Gasteiger partial charge in [0.2, 0.25) is 0 Å². The van der Waals surface area contributed by atoms with E-state index in [0.29, 0.717) is 5.92 Å². The SMILES string of the molecule is Cl.Fc1cc(CSc2c(Cl)ccc3c2CCNCC3)ccc1C1CCCCC1. The number of benzene rings is 2. The molecule has 0 radical (unpaired) electrons. The molecule has 1 saturated carbocycles. The molecule has 2 aliphatic rings. The van der Waals surface area contributed by atoms with E-state index in [1.165, 1.54) is 35.3 Å². The lowest BCUT2D eigenvalue weighted by atomic mass is 9.83. The standard InChI is InChI=1S/C23H27ClFNS.ClH/c24-21-9-7-18-10-12-26-13-11-20(18)23(21)27-15-16-6-8-19(22(25)14-16)17-4-2-1-3-5-17;/h6-9,14,17,26H,1-5,10-13,15H2;1H. The summed E-state index contributed by atoms with van der Waals surface area (Å²) in [5.41, 5.74) is 4.72. The Hall–Kier alpha value is -0.740. The van der Waals surface area contributed by atoms with Gasteiger partial charge in [-0.25, -0.2) is 4.39 Å². The second kappa shape index (κ2) is 10.3. The van der Waals surface area contributed by atoms with Crippen LogP contribution in [-0.4, -0.2) is 13.1 Å². The zero-order valence-corrected chi connectivity index (χ0v) is 18.5. The van der Waals surface area contributed by atoms with Gasteiger partial charge in [0.25, 0.3) is 0 Å². The molecule has 0 spiro atoms. The van der Waals surface area contributed by atoms with Crippen molar-refractivity contribution in [1.82, 2.24) is 5.32 Å². The molecule has 0 aromatic heterocycles. The third kappa shape index (κ3) is 5.05. The lowest BCUT2D eigenvalue weighted by Gasteiger charge is -2.22. The average molecular weight is 440 g/mol. The predicted octanol–water partition coefficient (Wildman–Crippen LogP) is 6.93. The molecule has 0 saturated heterocycles. The van der Waals surface area contributed by atoms with E-state index in [2.05, 4.69) is 17.4 Å². The maximum Gasteiger partial charge on any atom is 0.126 e. The third-order valence-electron chi connectivity index (χ3n) is 5.93. The Balaban J connectivity index is 0.00000225. The zero-order valence-electron chi connectivity index (χ0n) is 16.1. The highest BCUT2D eigenvalue weighted by Gasteiger charge is 2.19. The van der Waals surface area contributed by atoms with Crippen molar-refractivity contribution in [3.63, 3.8) is 0 Å². The van der Waals surface area contributed by atoms with E-state index in [-0.39, 0.29) is 18.2 Å². The van der Waals surface area contributed by atoms with Gasteiger partial charge in [-0.15, -0.1) is 24.2 Å².